The lowest BCUT2D eigenvalue weighted by molar-refractivity contribution is -0.140. The van der Waals surface area contributed by atoms with Gasteiger partial charge in [-0.05, 0) is 20.8 Å². The highest BCUT2D eigenvalue weighted by molar-refractivity contribution is 7.89. The number of esters is 1. The molecule has 0 aromatic carbocycles. The highest BCUT2D eigenvalue weighted by atomic mass is 32.2. The van der Waals surface area contributed by atoms with Crippen LogP contribution in [0.25, 0.3) is 0 Å². The number of ether oxygens (including phenoxy) is 1. The molecule has 0 fully saturated rings. The normalized spacial score (nSPS) is 12.5. The van der Waals surface area contributed by atoms with Crippen LogP contribution in [0.4, 0.5) is 0 Å². The van der Waals surface area contributed by atoms with Crippen LogP contribution in [0.5, 0.6) is 0 Å². The standard InChI is InChI=1S/C10H19NO6S/c1-10(2,3)11(7-8(12)13)18(15,16)6-5-9(14)17-4/h5-7H2,1-4H3,(H,12,13). The summed E-state index contributed by atoms with van der Waals surface area (Å²) in [4.78, 5) is 21.6. The van der Waals surface area contributed by atoms with Gasteiger partial charge in [0.05, 0.1) is 19.3 Å². The maximum atomic E-state index is 12.0. The Morgan fingerprint density at radius 3 is 2.11 bits per heavy atom. The smallest absolute Gasteiger partial charge is 0.318 e. The lowest BCUT2D eigenvalue weighted by atomic mass is 10.1. The number of hydrogen-bond acceptors (Lipinski definition) is 5. The lowest BCUT2D eigenvalue weighted by Gasteiger charge is -2.33. The molecule has 0 saturated heterocycles. The SMILES string of the molecule is COC(=O)CCS(=O)(=O)N(CC(=O)O)C(C)(C)C. The minimum absolute atomic E-state index is 0.301. The van der Waals surface area contributed by atoms with E-state index in [0.717, 1.165) is 11.4 Å². The van der Waals surface area contributed by atoms with Crippen molar-refractivity contribution in [2.24, 2.45) is 0 Å². The van der Waals surface area contributed by atoms with Gasteiger partial charge in [-0.3, -0.25) is 9.59 Å². The fourth-order valence-corrected chi connectivity index (χ4v) is 3.09. The summed E-state index contributed by atoms with van der Waals surface area (Å²) >= 11 is 0. The third-order valence-electron chi connectivity index (χ3n) is 2.15. The van der Waals surface area contributed by atoms with Gasteiger partial charge in [0.25, 0.3) is 0 Å². The molecule has 106 valence electrons. The summed E-state index contributed by atoms with van der Waals surface area (Å²) < 4.78 is 29.2. The molecule has 18 heavy (non-hydrogen) atoms. The molecule has 7 nitrogen and oxygen atoms in total. The van der Waals surface area contributed by atoms with Gasteiger partial charge in [0.15, 0.2) is 0 Å². The van der Waals surface area contributed by atoms with Crippen molar-refractivity contribution >= 4 is 22.0 Å². The molecule has 0 aromatic rings. The number of rotatable bonds is 6. The Bertz CT molecular complexity index is 409. The molecule has 0 amide bonds. The van der Waals surface area contributed by atoms with Crippen LogP contribution in [0, 0.1) is 0 Å². The third kappa shape index (κ3) is 5.46. The number of methoxy groups -OCH3 is 1. The first-order valence-corrected chi connectivity index (χ1v) is 6.90. The molecule has 0 radical (unpaired) electrons. The van der Waals surface area contributed by atoms with E-state index in [-0.39, 0.29) is 6.42 Å². The molecule has 0 aliphatic heterocycles. The predicted molar refractivity (Wildman–Crippen MR) is 64.5 cm³/mol. The molecule has 0 atom stereocenters. The van der Waals surface area contributed by atoms with Gasteiger partial charge in [-0.25, -0.2) is 8.42 Å². The first-order chi connectivity index (χ1) is 8.00. The summed E-state index contributed by atoms with van der Waals surface area (Å²) in [7, 11) is -2.67. The zero-order chi connectivity index (χ0) is 14.6. The van der Waals surface area contributed by atoms with E-state index in [1.54, 1.807) is 20.8 Å². The van der Waals surface area contributed by atoms with E-state index >= 15 is 0 Å². The van der Waals surface area contributed by atoms with Crippen LogP contribution in [0.2, 0.25) is 0 Å². The molecule has 0 bridgehead atoms. The molecular weight excluding hydrogens is 262 g/mol. The summed E-state index contributed by atoms with van der Waals surface area (Å²) in [5.41, 5.74) is -0.868. The molecule has 0 heterocycles. The molecule has 0 spiro atoms. The summed E-state index contributed by atoms with van der Waals surface area (Å²) in [5.74, 6) is -2.36. The Morgan fingerprint density at radius 1 is 1.28 bits per heavy atom. The topological polar surface area (TPSA) is 101 Å². The molecule has 0 saturated carbocycles. The van der Waals surface area contributed by atoms with Crippen molar-refractivity contribution in [3.05, 3.63) is 0 Å². The zero-order valence-electron chi connectivity index (χ0n) is 11.0. The number of carbonyl (C=O) groups is 2. The second-order valence-electron chi connectivity index (χ2n) is 4.71. The Kier molecular flexibility index (Phi) is 5.75. The van der Waals surface area contributed by atoms with Crippen molar-refractivity contribution in [3.63, 3.8) is 0 Å². The molecule has 0 rings (SSSR count). The van der Waals surface area contributed by atoms with Crippen LogP contribution in [0.15, 0.2) is 0 Å². The minimum Gasteiger partial charge on any atom is -0.480 e. The Morgan fingerprint density at radius 2 is 1.78 bits per heavy atom. The quantitative estimate of drug-likeness (QED) is 0.691. The van der Waals surface area contributed by atoms with Crippen molar-refractivity contribution in [2.75, 3.05) is 19.4 Å². The van der Waals surface area contributed by atoms with Crippen molar-refractivity contribution in [3.8, 4) is 0 Å². The van der Waals surface area contributed by atoms with E-state index in [2.05, 4.69) is 4.74 Å². The van der Waals surface area contributed by atoms with Gasteiger partial charge in [-0.2, -0.15) is 4.31 Å². The summed E-state index contributed by atoms with van der Waals surface area (Å²) in [6.45, 7) is 4.13. The minimum atomic E-state index is -3.83. The summed E-state index contributed by atoms with van der Waals surface area (Å²) in [6.07, 6.45) is -0.301. The van der Waals surface area contributed by atoms with Crippen LogP contribution >= 0.6 is 0 Å². The predicted octanol–water partition coefficient (Wildman–Crippen LogP) is 0.0644. The number of carbonyl (C=O) groups excluding carboxylic acids is 1. The monoisotopic (exact) mass is 281 g/mol. The summed E-state index contributed by atoms with van der Waals surface area (Å²) in [5, 5.41) is 8.74. The average Bonchev–Trinajstić information content (AvgIpc) is 2.20. The molecule has 8 heteroatoms. The Balaban J connectivity index is 4.99. The van der Waals surface area contributed by atoms with E-state index in [1.807, 2.05) is 0 Å². The first kappa shape index (κ1) is 16.9. The number of carboxylic acid groups (broad SMARTS) is 1. The van der Waals surface area contributed by atoms with Crippen molar-refractivity contribution in [1.29, 1.82) is 0 Å². The average molecular weight is 281 g/mol. The number of hydrogen-bond donors (Lipinski definition) is 1. The van der Waals surface area contributed by atoms with Gasteiger partial charge < -0.3 is 9.84 Å². The molecule has 0 aliphatic rings. The molecule has 0 unspecified atom stereocenters. The number of nitrogens with zero attached hydrogens (tertiary/aromatic N) is 1. The van der Waals surface area contributed by atoms with Gasteiger partial charge in [0.2, 0.25) is 10.0 Å². The van der Waals surface area contributed by atoms with Gasteiger partial charge in [0.1, 0.15) is 6.54 Å². The highest BCUT2D eigenvalue weighted by Crippen LogP contribution is 2.18. The lowest BCUT2D eigenvalue weighted by Crippen LogP contribution is -2.49. The van der Waals surface area contributed by atoms with E-state index in [9.17, 15) is 18.0 Å². The van der Waals surface area contributed by atoms with Crippen LogP contribution in [0.3, 0.4) is 0 Å². The molecular formula is C10H19NO6S. The van der Waals surface area contributed by atoms with E-state index in [0.29, 0.717) is 0 Å². The second kappa shape index (κ2) is 6.14. The number of aliphatic carboxylic acids is 1. The van der Waals surface area contributed by atoms with E-state index < -0.39 is 39.8 Å². The number of carboxylic acids is 1. The zero-order valence-corrected chi connectivity index (χ0v) is 11.8. The third-order valence-corrected chi connectivity index (χ3v) is 4.22. The Labute approximate surface area is 107 Å². The van der Waals surface area contributed by atoms with Gasteiger partial charge in [-0.15, -0.1) is 0 Å². The Hall–Kier alpha value is -1.15. The maximum Gasteiger partial charge on any atom is 0.318 e. The fourth-order valence-electron chi connectivity index (χ4n) is 1.30. The van der Waals surface area contributed by atoms with Crippen molar-refractivity contribution < 1.29 is 27.9 Å². The first-order valence-electron chi connectivity index (χ1n) is 5.30. The molecule has 0 aromatic heterocycles. The second-order valence-corrected chi connectivity index (χ2v) is 6.73. The van der Waals surface area contributed by atoms with Crippen LogP contribution in [-0.4, -0.2) is 54.7 Å². The van der Waals surface area contributed by atoms with E-state index in [1.165, 1.54) is 0 Å². The van der Waals surface area contributed by atoms with Crippen molar-refractivity contribution in [1.82, 2.24) is 4.31 Å². The maximum absolute atomic E-state index is 12.0. The van der Waals surface area contributed by atoms with Gasteiger partial charge in [-0.1, -0.05) is 0 Å². The van der Waals surface area contributed by atoms with Crippen LogP contribution in [0.1, 0.15) is 27.2 Å². The summed E-state index contributed by atoms with van der Waals surface area (Å²) in [6, 6.07) is 0. The largest absolute Gasteiger partial charge is 0.480 e. The van der Waals surface area contributed by atoms with E-state index in [4.69, 9.17) is 5.11 Å². The fraction of sp³-hybridized carbons (Fsp3) is 0.800. The highest BCUT2D eigenvalue weighted by Gasteiger charge is 2.34. The van der Waals surface area contributed by atoms with Crippen LogP contribution in [-0.2, 0) is 24.3 Å². The molecule has 1 N–H and O–H groups in total. The van der Waals surface area contributed by atoms with Crippen molar-refractivity contribution in [2.45, 2.75) is 32.7 Å². The van der Waals surface area contributed by atoms with Crippen LogP contribution < -0.4 is 0 Å². The molecule has 0 aliphatic carbocycles. The van der Waals surface area contributed by atoms with Gasteiger partial charge in [0, 0.05) is 5.54 Å². The number of sulfonamides is 1. The van der Waals surface area contributed by atoms with Gasteiger partial charge >= 0.3 is 11.9 Å².